The molecule has 0 spiro atoms. The Morgan fingerprint density at radius 3 is 2.33 bits per heavy atom. The topological polar surface area (TPSA) is 58.6 Å². The second-order valence-corrected chi connectivity index (χ2v) is 8.64. The fourth-order valence-corrected chi connectivity index (χ4v) is 3.30. The highest BCUT2D eigenvalue weighted by molar-refractivity contribution is 5.78. The highest BCUT2D eigenvalue weighted by Gasteiger charge is 2.26. The summed E-state index contributed by atoms with van der Waals surface area (Å²) >= 11 is 0. The van der Waals surface area contributed by atoms with Crippen molar-refractivity contribution < 1.29 is 14.3 Å². The molecule has 0 aromatic heterocycles. The van der Waals surface area contributed by atoms with Crippen LogP contribution in [0.2, 0.25) is 0 Å². The summed E-state index contributed by atoms with van der Waals surface area (Å²) in [7, 11) is 0. The van der Waals surface area contributed by atoms with Crippen LogP contribution in [0.5, 0.6) is 5.75 Å². The first-order valence-electron chi connectivity index (χ1n) is 10.1. The Balaban J connectivity index is 1.69. The molecule has 0 aliphatic carbocycles. The minimum absolute atomic E-state index is 0.00816. The molecular formula is C22H34N2O3. The molecule has 0 unspecified atom stereocenters. The average Bonchev–Trinajstić information content (AvgIpc) is 2.60. The van der Waals surface area contributed by atoms with Gasteiger partial charge in [0.25, 0.3) is 5.91 Å². The lowest BCUT2D eigenvalue weighted by atomic mass is 9.91. The lowest BCUT2D eigenvalue weighted by Gasteiger charge is -2.34. The van der Waals surface area contributed by atoms with Gasteiger partial charge in [-0.3, -0.25) is 9.59 Å². The average molecular weight is 375 g/mol. The van der Waals surface area contributed by atoms with Gasteiger partial charge in [0, 0.05) is 25.6 Å². The summed E-state index contributed by atoms with van der Waals surface area (Å²) in [4.78, 5) is 26.3. The van der Waals surface area contributed by atoms with Crippen molar-refractivity contribution in [2.75, 3.05) is 19.7 Å². The smallest absolute Gasteiger partial charge is 0.258 e. The fraction of sp³-hybridized carbons (Fsp3) is 0.636. The summed E-state index contributed by atoms with van der Waals surface area (Å²) in [6.07, 6.45) is 4.33. The second kappa shape index (κ2) is 9.77. The predicted molar refractivity (Wildman–Crippen MR) is 108 cm³/mol. The van der Waals surface area contributed by atoms with Crippen molar-refractivity contribution in [1.82, 2.24) is 10.2 Å². The molecule has 1 N–H and O–H groups in total. The van der Waals surface area contributed by atoms with Gasteiger partial charge in [-0.15, -0.1) is 0 Å². The van der Waals surface area contributed by atoms with Crippen LogP contribution in [0.1, 0.15) is 58.9 Å². The number of rotatable bonds is 7. The van der Waals surface area contributed by atoms with Crippen LogP contribution in [-0.2, 0) is 16.0 Å². The normalized spacial score (nSPS) is 15.5. The molecule has 150 valence electrons. The highest BCUT2D eigenvalue weighted by Crippen LogP contribution is 2.21. The van der Waals surface area contributed by atoms with Crippen LogP contribution in [-0.4, -0.2) is 42.5 Å². The minimum Gasteiger partial charge on any atom is -0.484 e. The summed E-state index contributed by atoms with van der Waals surface area (Å²) in [6.45, 7) is 9.83. The summed E-state index contributed by atoms with van der Waals surface area (Å²) in [5.74, 6) is 0.821. The summed E-state index contributed by atoms with van der Waals surface area (Å²) in [6, 6.07) is 8.03. The molecule has 0 saturated carbocycles. The maximum atomic E-state index is 12.3. The van der Waals surface area contributed by atoms with Gasteiger partial charge in [0.2, 0.25) is 5.91 Å². The molecule has 2 rings (SSSR count). The van der Waals surface area contributed by atoms with Crippen molar-refractivity contribution in [2.24, 2.45) is 5.41 Å². The first-order valence-corrected chi connectivity index (χ1v) is 10.1. The minimum atomic E-state index is -0.105. The molecule has 1 aromatic carbocycles. The molecule has 1 aliphatic rings. The van der Waals surface area contributed by atoms with Crippen molar-refractivity contribution in [3.05, 3.63) is 29.8 Å². The third kappa shape index (κ3) is 7.61. The summed E-state index contributed by atoms with van der Waals surface area (Å²) in [5, 5.41) is 3.03. The van der Waals surface area contributed by atoms with Crippen LogP contribution in [0.15, 0.2) is 24.3 Å². The zero-order valence-corrected chi connectivity index (χ0v) is 17.2. The van der Waals surface area contributed by atoms with E-state index in [1.165, 1.54) is 5.56 Å². The quantitative estimate of drug-likeness (QED) is 0.794. The number of likely N-dealkylation sites (tertiary alicyclic amines) is 1. The Bertz CT molecular complexity index is 611. The van der Waals surface area contributed by atoms with Gasteiger partial charge in [0.15, 0.2) is 6.61 Å². The molecule has 1 aliphatic heterocycles. The number of hydrogen-bond donors (Lipinski definition) is 1. The molecule has 1 aromatic rings. The second-order valence-electron chi connectivity index (χ2n) is 8.64. The molecule has 1 heterocycles. The van der Waals surface area contributed by atoms with Gasteiger partial charge >= 0.3 is 0 Å². The molecule has 0 radical (unpaired) electrons. The molecule has 5 nitrogen and oxygen atoms in total. The van der Waals surface area contributed by atoms with E-state index in [1.807, 2.05) is 29.2 Å². The Hall–Kier alpha value is -2.04. The van der Waals surface area contributed by atoms with Gasteiger partial charge in [0.1, 0.15) is 5.75 Å². The number of benzene rings is 1. The monoisotopic (exact) mass is 374 g/mol. The Labute approximate surface area is 163 Å². The van der Waals surface area contributed by atoms with E-state index < -0.39 is 0 Å². The van der Waals surface area contributed by atoms with Gasteiger partial charge in [-0.1, -0.05) is 46.2 Å². The molecular weight excluding hydrogens is 340 g/mol. The van der Waals surface area contributed by atoms with E-state index in [-0.39, 0.29) is 29.9 Å². The zero-order valence-electron chi connectivity index (χ0n) is 17.2. The molecule has 5 heteroatoms. The third-order valence-corrected chi connectivity index (χ3v) is 4.73. The van der Waals surface area contributed by atoms with Gasteiger partial charge < -0.3 is 15.0 Å². The van der Waals surface area contributed by atoms with Gasteiger partial charge in [0.05, 0.1) is 0 Å². The van der Waals surface area contributed by atoms with E-state index in [4.69, 9.17) is 4.74 Å². The van der Waals surface area contributed by atoms with Crippen LogP contribution in [0.4, 0.5) is 0 Å². The van der Waals surface area contributed by atoms with Gasteiger partial charge in [-0.2, -0.15) is 0 Å². The first-order chi connectivity index (χ1) is 12.8. The van der Waals surface area contributed by atoms with Gasteiger partial charge in [-0.05, 0) is 42.4 Å². The third-order valence-electron chi connectivity index (χ3n) is 4.73. The summed E-state index contributed by atoms with van der Waals surface area (Å²) in [5.41, 5.74) is 1.29. The maximum Gasteiger partial charge on any atom is 0.258 e. The first kappa shape index (κ1) is 21.3. The van der Waals surface area contributed by atoms with Crippen molar-refractivity contribution in [1.29, 1.82) is 0 Å². The molecule has 0 atom stereocenters. The standard InChI is InChI=1S/C22H34N2O3/c1-5-6-17-7-9-19(10-8-17)27-16-20(25)23-18-11-13-24(14-12-18)21(26)15-22(2,3)4/h7-10,18H,5-6,11-16H2,1-4H3,(H,23,25). The van der Waals surface area contributed by atoms with Crippen LogP contribution >= 0.6 is 0 Å². The number of nitrogens with zero attached hydrogens (tertiary/aromatic N) is 1. The number of ether oxygens (including phenoxy) is 1. The SMILES string of the molecule is CCCc1ccc(OCC(=O)NC2CCN(C(=O)CC(C)(C)C)CC2)cc1. The number of carbonyl (C=O) groups is 2. The molecule has 27 heavy (non-hydrogen) atoms. The molecule has 1 saturated heterocycles. The number of nitrogens with one attached hydrogen (secondary N) is 1. The van der Waals surface area contributed by atoms with Crippen LogP contribution < -0.4 is 10.1 Å². The summed E-state index contributed by atoms with van der Waals surface area (Å²) < 4.78 is 5.58. The Morgan fingerprint density at radius 2 is 1.78 bits per heavy atom. The van der Waals surface area contributed by atoms with E-state index in [0.717, 1.165) is 25.7 Å². The van der Waals surface area contributed by atoms with E-state index in [2.05, 4.69) is 33.0 Å². The van der Waals surface area contributed by atoms with E-state index in [1.54, 1.807) is 0 Å². The van der Waals surface area contributed by atoms with Crippen molar-refractivity contribution in [3.8, 4) is 5.75 Å². The molecule has 2 amide bonds. The van der Waals surface area contributed by atoms with Crippen LogP contribution in [0, 0.1) is 5.41 Å². The maximum absolute atomic E-state index is 12.3. The predicted octanol–water partition coefficient (Wildman–Crippen LogP) is 3.56. The largest absolute Gasteiger partial charge is 0.484 e. The fourth-order valence-electron chi connectivity index (χ4n) is 3.30. The lowest BCUT2D eigenvalue weighted by Crippen LogP contribution is -2.48. The van der Waals surface area contributed by atoms with Crippen LogP contribution in [0.3, 0.4) is 0 Å². The number of amides is 2. The molecule has 1 fully saturated rings. The lowest BCUT2D eigenvalue weighted by molar-refractivity contribution is -0.134. The highest BCUT2D eigenvalue weighted by atomic mass is 16.5. The Kier molecular flexibility index (Phi) is 7.69. The van der Waals surface area contributed by atoms with Crippen molar-refractivity contribution in [2.45, 2.75) is 65.8 Å². The number of carbonyl (C=O) groups excluding carboxylic acids is 2. The Morgan fingerprint density at radius 1 is 1.15 bits per heavy atom. The molecule has 0 bridgehead atoms. The number of aryl methyl sites for hydroxylation is 1. The zero-order chi connectivity index (χ0) is 19.9. The van der Waals surface area contributed by atoms with E-state index in [9.17, 15) is 9.59 Å². The van der Waals surface area contributed by atoms with E-state index in [0.29, 0.717) is 25.3 Å². The van der Waals surface area contributed by atoms with Crippen molar-refractivity contribution in [3.63, 3.8) is 0 Å². The van der Waals surface area contributed by atoms with Crippen LogP contribution in [0.25, 0.3) is 0 Å². The number of hydrogen-bond acceptors (Lipinski definition) is 3. The van der Waals surface area contributed by atoms with Crippen molar-refractivity contribution >= 4 is 11.8 Å². The van der Waals surface area contributed by atoms with Gasteiger partial charge in [-0.25, -0.2) is 0 Å². The van der Waals surface area contributed by atoms with E-state index >= 15 is 0 Å². The number of piperidine rings is 1.